The molecule has 2 aliphatic rings. The third-order valence-electron chi connectivity index (χ3n) is 3.65. The molecule has 7 nitrogen and oxygen atoms in total. The van der Waals surface area contributed by atoms with Crippen molar-refractivity contribution in [3.63, 3.8) is 0 Å². The van der Waals surface area contributed by atoms with Crippen LogP contribution < -0.4 is 5.32 Å². The van der Waals surface area contributed by atoms with E-state index in [0.29, 0.717) is 11.2 Å². The number of carbonyl (C=O) groups is 5. The molecule has 1 aromatic carbocycles. The topological polar surface area (TPSA) is 101 Å². The van der Waals surface area contributed by atoms with Crippen LogP contribution in [0.2, 0.25) is 0 Å². The summed E-state index contributed by atoms with van der Waals surface area (Å²) in [5.74, 6) is -4.05. The first kappa shape index (κ1) is 14.1. The lowest BCUT2D eigenvalue weighted by Crippen LogP contribution is -2.54. The maximum atomic E-state index is 13.9. The van der Waals surface area contributed by atoms with Crippen molar-refractivity contribution in [1.82, 2.24) is 10.2 Å². The molecule has 1 aromatic rings. The van der Waals surface area contributed by atoms with Crippen molar-refractivity contribution < 1.29 is 28.4 Å². The van der Waals surface area contributed by atoms with Gasteiger partial charge in [0, 0.05) is 12.0 Å². The van der Waals surface area contributed by atoms with Gasteiger partial charge in [-0.05, 0) is 18.6 Å². The van der Waals surface area contributed by atoms with Crippen molar-refractivity contribution in [3.05, 3.63) is 34.6 Å². The number of hydrogen-bond donors (Lipinski definition) is 1. The number of piperidine rings is 1. The van der Waals surface area contributed by atoms with Gasteiger partial charge in [-0.15, -0.1) is 0 Å². The van der Waals surface area contributed by atoms with Crippen LogP contribution in [-0.2, 0) is 9.59 Å². The summed E-state index contributed by atoms with van der Waals surface area (Å²) < 4.78 is 13.9. The van der Waals surface area contributed by atoms with Gasteiger partial charge in [0.1, 0.15) is 18.1 Å². The van der Waals surface area contributed by atoms with Crippen molar-refractivity contribution in [3.8, 4) is 0 Å². The number of carbonyl (C=O) groups excluding carboxylic acids is 5. The molecule has 1 fully saturated rings. The SMILES string of the molecule is O=Cc1cc(F)c2c(c1)C(=O)N(C1CCC(=O)NC1=O)C2=O. The standard InChI is InChI=1S/C14H9FN2O5/c15-8-4-6(5-18)3-7-11(8)14(22)17(13(7)21)9-1-2-10(19)16-12(9)20/h3-5,9H,1-2H2,(H,16,19,20). The number of halogens is 1. The van der Waals surface area contributed by atoms with Gasteiger partial charge in [-0.25, -0.2) is 4.39 Å². The Balaban J connectivity index is 2.03. The largest absolute Gasteiger partial charge is 0.298 e. The molecule has 0 radical (unpaired) electrons. The van der Waals surface area contributed by atoms with Crippen LogP contribution in [-0.4, -0.2) is 40.9 Å². The predicted octanol–water partition coefficient (Wildman–Crippen LogP) is 0.0394. The molecule has 1 N–H and O–H groups in total. The minimum absolute atomic E-state index is 0.0156. The zero-order chi connectivity index (χ0) is 16.0. The molecule has 0 aromatic heterocycles. The molecule has 112 valence electrons. The number of hydrogen-bond acceptors (Lipinski definition) is 5. The minimum Gasteiger partial charge on any atom is -0.298 e. The number of fused-ring (bicyclic) bond motifs is 1. The Bertz CT molecular complexity index is 758. The fraction of sp³-hybridized carbons (Fsp3) is 0.214. The van der Waals surface area contributed by atoms with Gasteiger partial charge in [0.2, 0.25) is 11.8 Å². The minimum atomic E-state index is -1.16. The summed E-state index contributed by atoms with van der Waals surface area (Å²) in [5, 5.41) is 2.04. The summed E-state index contributed by atoms with van der Waals surface area (Å²) in [5.41, 5.74) is -0.792. The van der Waals surface area contributed by atoms with E-state index in [1.165, 1.54) is 0 Å². The average molecular weight is 304 g/mol. The van der Waals surface area contributed by atoms with Gasteiger partial charge in [0.25, 0.3) is 11.8 Å². The van der Waals surface area contributed by atoms with Crippen LogP contribution in [0.15, 0.2) is 12.1 Å². The lowest BCUT2D eigenvalue weighted by atomic mass is 10.0. The van der Waals surface area contributed by atoms with E-state index in [9.17, 15) is 28.4 Å². The fourth-order valence-electron chi connectivity index (χ4n) is 2.64. The predicted molar refractivity (Wildman–Crippen MR) is 68.5 cm³/mol. The maximum Gasteiger partial charge on any atom is 0.265 e. The van der Waals surface area contributed by atoms with Crippen molar-refractivity contribution in [2.45, 2.75) is 18.9 Å². The molecule has 0 spiro atoms. The fourth-order valence-corrected chi connectivity index (χ4v) is 2.64. The van der Waals surface area contributed by atoms with Gasteiger partial charge in [0.05, 0.1) is 11.1 Å². The first-order valence-corrected chi connectivity index (χ1v) is 6.44. The van der Waals surface area contributed by atoms with Crippen molar-refractivity contribution in [2.75, 3.05) is 0 Å². The molecule has 2 aliphatic heterocycles. The Hall–Kier alpha value is -2.90. The van der Waals surface area contributed by atoms with Gasteiger partial charge in [-0.1, -0.05) is 0 Å². The molecular weight excluding hydrogens is 295 g/mol. The van der Waals surface area contributed by atoms with E-state index < -0.39 is 41.1 Å². The second-order valence-corrected chi connectivity index (χ2v) is 4.99. The highest BCUT2D eigenvalue weighted by Crippen LogP contribution is 2.29. The maximum absolute atomic E-state index is 13.9. The summed E-state index contributed by atoms with van der Waals surface area (Å²) in [7, 11) is 0. The number of imide groups is 2. The van der Waals surface area contributed by atoms with E-state index in [4.69, 9.17) is 0 Å². The number of nitrogens with one attached hydrogen (secondary N) is 1. The molecule has 2 heterocycles. The quantitative estimate of drug-likeness (QED) is 0.614. The normalized spacial score (nSPS) is 21.0. The molecule has 1 unspecified atom stereocenters. The van der Waals surface area contributed by atoms with E-state index in [-0.39, 0.29) is 24.0 Å². The number of benzene rings is 1. The smallest absolute Gasteiger partial charge is 0.265 e. The molecule has 1 saturated heterocycles. The first-order valence-electron chi connectivity index (χ1n) is 6.44. The number of rotatable bonds is 2. The second-order valence-electron chi connectivity index (χ2n) is 4.99. The Kier molecular flexibility index (Phi) is 3.09. The third-order valence-corrected chi connectivity index (χ3v) is 3.65. The molecule has 1 atom stereocenters. The Morgan fingerprint density at radius 2 is 1.91 bits per heavy atom. The number of aldehydes is 1. The molecule has 0 saturated carbocycles. The van der Waals surface area contributed by atoms with Crippen LogP contribution in [0, 0.1) is 5.82 Å². The highest BCUT2D eigenvalue weighted by molar-refractivity contribution is 6.23. The van der Waals surface area contributed by atoms with Crippen molar-refractivity contribution in [1.29, 1.82) is 0 Å². The third kappa shape index (κ3) is 1.92. The van der Waals surface area contributed by atoms with Crippen LogP contribution in [0.25, 0.3) is 0 Å². The van der Waals surface area contributed by atoms with E-state index in [2.05, 4.69) is 0 Å². The van der Waals surface area contributed by atoms with Gasteiger partial charge < -0.3 is 0 Å². The Morgan fingerprint density at radius 3 is 2.55 bits per heavy atom. The van der Waals surface area contributed by atoms with Gasteiger partial charge in [0.15, 0.2) is 0 Å². The summed E-state index contributed by atoms with van der Waals surface area (Å²) in [6.07, 6.45) is 0.319. The Morgan fingerprint density at radius 1 is 1.18 bits per heavy atom. The number of nitrogens with zero attached hydrogens (tertiary/aromatic N) is 1. The van der Waals surface area contributed by atoms with Crippen molar-refractivity contribution in [2.24, 2.45) is 0 Å². The van der Waals surface area contributed by atoms with Gasteiger partial charge >= 0.3 is 0 Å². The van der Waals surface area contributed by atoms with Crippen LogP contribution in [0.5, 0.6) is 0 Å². The molecule has 0 aliphatic carbocycles. The molecule has 8 heteroatoms. The molecule has 3 rings (SSSR count). The first-order chi connectivity index (χ1) is 10.4. The zero-order valence-corrected chi connectivity index (χ0v) is 11.1. The summed E-state index contributed by atoms with van der Waals surface area (Å²) in [6.45, 7) is 0. The van der Waals surface area contributed by atoms with E-state index in [1.807, 2.05) is 5.32 Å². The van der Waals surface area contributed by atoms with Gasteiger partial charge in [-0.2, -0.15) is 0 Å². The Labute approximate surface area is 123 Å². The van der Waals surface area contributed by atoms with E-state index in [0.717, 1.165) is 12.1 Å². The van der Waals surface area contributed by atoms with E-state index in [1.54, 1.807) is 0 Å². The molecule has 4 amide bonds. The lowest BCUT2D eigenvalue weighted by Gasteiger charge is -2.27. The molecular formula is C14H9FN2O5. The van der Waals surface area contributed by atoms with E-state index >= 15 is 0 Å². The van der Waals surface area contributed by atoms with Crippen molar-refractivity contribution >= 4 is 29.9 Å². The summed E-state index contributed by atoms with van der Waals surface area (Å²) >= 11 is 0. The number of amides is 4. The molecule has 0 bridgehead atoms. The highest BCUT2D eigenvalue weighted by Gasteiger charge is 2.46. The summed E-state index contributed by atoms with van der Waals surface area (Å²) in [6, 6.07) is 0.798. The monoisotopic (exact) mass is 304 g/mol. The average Bonchev–Trinajstić information content (AvgIpc) is 2.72. The zero-order valence-electron chi connectivity index (χ0n) is 11.1. The summed E-state index contributed by atoms with van der Waals surface area (Å²) in [4.78, 5) is 58.9. The highest BCUT2D eigenvalue weighted by atomic mass is 19.1. The van der Waals surface area contributed by atoms with Crippen LogP contribution in [0.4, 0.5) is 4.39 Å². The van der Waals surface area contributed by atoms with Gasteiger partial charge in [-0.3, -0.25) is 34.2 Å². The van der Waals surface area contributed by atoms with Crippen LogP contribution >= 0.6 is 0 Å². The van der Waals surface area contributed by atoms with Crippen LogP contribution in [0.3, 0.4) is 0 Å². The van der Waals surface area contributed by atoms with Crippen LogP contribution in [0.1, 0.15) is 43.9 Å². The second kappa shape index (κ2) is 4.83. The molecule has 22 heavy (non-hydrogen) atoms. The lowest BCUT2D eigenvalue weighted by molar-refractivity contribution is -0.136.